The summed E-state index contributed by atoms with van der Waals surface area (Å²) in [6.45, 7) is 3.60. The number of aromatic nitrogens is 2. The number of nitrogens with one attached hydrogen (secondary N) is 1. The summed E-state index contributed by atoms with van der Waals surface area (Å²) in [4.78, 5) is 0. The van der Waals surface area contributed by atoms with Crippen molar-refractivity contribution in [3.63, 3.8) is 0 Å². The molecule has 0 bridgehead atoms. The van der Waals surface area contributed by atoms with Crippen molar-refractivity contribution < 1.29 is 12.8 Å². The fourth-order valence-corrected chi connectivity index (χ4v) is 3.81. The lowest BCUT2D eigenvalue weighted by molar-refractivity contribution is 0.576. The largest absolute Gasteiger partial charge is 0.238 e. The Morgan fingerprint density at radius 3 is 2.44 bits per heavy atom. The summed E-state index contributed by atoms with van der Waals surface area (Å²) < 4.78 is 42.1. The number of hydrogen-bond acceptors (Lipinski definition) is 3. The highest BCUT2D eigenvalue weighted by molar-refractivity contribution is 7.92. The van der Waals surface area contributed by atoms with Gasteiger partial charge >= 0.3 is 0 Å². The fraction of sp³-hybridized carbons (Fsp3) is 0.150. The van der Waals surface area contributed by atoms with Gasteiger partial charge in [-0.2, -0.15) is 5.10 Å². The predicted octanol–water partition coefficient (Wildman–Crippen LogP) is 3.97. The lowest BCUT2D eigenvalue weighted by Crippen LogP contribution is -2.25. The first kappa shape index (κ1) is 19.0. The molecule has 0 radical (unpaired) electrons. The molecule has 0 spiro atoms. The van der Waals surface area contributed by atoms with Crippen molar-refractivity contribution in [2.24, 2.45) is 0 Å². The van der Waals surface area contributed by atoms with Crippen LogP contribution in [0.3, 0.4) is 0 Å². The minimum absolute atomic E-state index is 0.324. The van der Waals surface area contributed by atoms with E-state index >= 15 is 0 Å². The Morgan fingerprint density at radius 1 is 1.11 bits per heavy atom. The van der Waals surface area contributed by atoms with Gasteiger partial charge in [-0.15, -0.1) is 0 Å². The molecule has 7 heteroatoms. The van der Waals surface area contributed by atoms with Crippen LogP contribution in [0.1, 0.15) is 29.8 Å². The van der Waals surface area contributed by atoms with E-state index in [4.69, 9.17) is 0 Å². The van der Waals surface area contributed by atoms with E-state index in [0.29, 0.717) is 5.69 Å². The van der Waals surface area contributed by atoms with Gasteiger partial charge in [0.1, 0.15) is 5.82 Å². The molecule has 0 saturated carbocycles. The van der Waals surface area contributed by atoms with E-state index in [1.807, 2.05) is 37.3 Å². The zero-order valence-corrected chi connectivity index (χ0v) is 15.8. The monoisotopic (exact) mass is 385 g/mol. The zero-order valence-electron chi connectivity index (χ0n) is 15.0. The summed E-state index contributed by atoms with van der Waals surface area (Å²) in [6.07, 6.45) is 3.16. The third-order valence-corrected chi connectivity index (χ3v) is 5.34. The second kappa shape index (κ2) is 7.85. The van der Waals surface area contributed by atoms with E-state index in [0.717, 1.165) is 22.2 Å². The molecule has 1 unspecified atom stereocenters. The molecule has 0 amide bonds. The van der Waals surface area contributed by atoms with Gasteiger partial charge in [0.05, 0.1) is 11.9 Å². The molecule has 1 aromatic heterocycles. The summed E-state index contributed by atoms with van der Waals surface area (Å²) >= 11 is 0. The van der Waals surface area contributed by atoms with Gasteiger partial charge in [-0.05, 0) is 49.8 Å². The maximum absolute atomic E-state index is 13.1. The number of benzene rings is 2. The summed E-state index contributed by atoms with van der Waals surface area (Å²) in [5.41, 5.74) is 3.04. The van der Waals surface area contributed by atoms with Crippen molar-refractivity contribution in [2.75, 3.05) is 0 Å². The molecule has 0 aliphatic rings. The highest BCUT2D eigenvalue weighted by Crippen LogP contribution is 2.21. The first-order valence-corrected chi connectivity index (χ1v) is 9.96. The molecule has 5 nitrogen and oxygen atoms in total. The smallest absolute Gasteiger partial charge is 0.234 e. The normalized spacial score (nSPS) is 13.1. The average Bonchev–Trinajstić information content (AvgIpc) is 3.03. The van der Waals surface area contributed by atoms with E-state index in [2.05, 4.69) is 9.82 Å². The molecule has 27 heavy (non-hydrogen) atoms. The zero-order chi connectivity index (χ0) is 19.4. The van der Waals surface area contributed by atoms with E-state index in [9.17, 15) is 12.8 Å². The van der Waals surface area contributed by atoms with Crippen LogP contribution < -0.4 is 4.72 Å². The van der Waals surface area contributed by atoms with E-state index in [1.54, 1.807) is 36.0 Å². The highest BCUT2D eigenvalue weighted by atomic mass is 32.2. The van der Waals surface area contributed by atoms with Crippen LogP contribution in [0.5, 0.6) is 0 Å². The maximum atomic E-state index is 13.1. The molecule has 0 aliphatic heterocycles. The number of sulfonamides is 1. The van der Waals surface area contributed by atoms with Gasteiger partial charge in [-0.25, -0.2) is 22.2 Å². The molecule has 0 saturated heterocycles. The molecule has 3 rings (SSSR count). The number of nitrogens with zero attached hydrogens (tertiary/aromatic N) is 2. The van der Waals surface area contributed by atoms with Crippen molar-refractivity contribution in [2.45, 2.75) is 19.9 Å². The van der Waals surface area contributed by atoms with Crippen LogP contribution in [-0.2, 0) is 10.0 Å². The minimum atomic E-state index is -3.62. The molecule has 1 heterocycles. The van der Waals surface area contributed by atoms with Gasteiger partial charge in [0.25, 0.3) is 0 Å². The summed E-state index contributed by atoms with van der Waals surface area (Å²) in [5, 5.41) is 5.45. The van der Waals surface area contributed by atoms with Crippen LogP contribution >= 0.6 is 0 Å². The second-order valence-corrected chi connectivity index (χ2v) is 7.77. The Morgan fingerprint density at radius 2 is 1.78 bits per heavy atom. The predicted molar refractivity (Wildman–Crippen MR) is 104 cm³/mol. The highest BCUT2D eigenvalue weighted by Gasteiger charge is 2.18. The Kier molecular flexibility index (Phi) is 5.53. The van der Waals surface area contributed by atoms with Crippen molar-refractivity contribution >= 4 is 16.1 Å². The van der Waals surface area contributed by atoms with Gasteiger partial charge in [0.15, 0.2) is 0 Å². The first-order valence-electron chi connectivity index (χ1n) is 8.41. The van der Waals surface area contributed by atoms with Gasteiger partial charge in [0.2, 0.25) is 10.0 Å². The lowest BCUT2D eigenvalue weighted by atomic mass is 10.1. The Bertz CT molecular complexity index is 1040. The van der Waals surface area contributed by atoms with Crippen molar-refractivity contribution in [1.82, 2.24) is 14.5 Å². The standard InChI is InChI=1S/C20H20FN3O2S/c1-15(23-27(25,26)13-12-17-6-4-3-5-7-17)20-14-22-24(16(20)2)19-10-8-18(21)9-11-19/h3-15,23H,1-2H3. The third kappa shape index (κ3) is 4.69. The molecular weight excluding hydrogens is 365 g/mol. The summed E-state index contributed by atoms with van der Waals surface area (Å²) in [7, 11) is -3.62. The average molecular weight is 385 g/mol. The SMILES string of the molecule is Cc1c(C(C)NS(=O)(=O)C=Cc2ccccc2)cnn1-c1ccc(F)cc1. The molecule has 3 aromatic rings. The van der Waals surface area contributed by atoms with Crippen LogP contribution in [0.25, 0.3) is 11.8 Å². The maximum Gasteiger partial charge on any atom is 0.234 e. The molecule has 0 fully saturated rings. The quantitative estimate of drug-likeness (QED) is 0.698. The van der Waals surface area contributed by atoms with Gasteiger partial charge in [-0.3, -0.25) is 0 Å². The first-order chi connectivity index (χ1) is 12.9. The Labute approximate surface area is 158 Å². The van der Waals surface area contributed by atoms with Crippen LogP contribution in [0.15, 0.2) is 66.2 Å². The van der Waals surface area contributed by atoms with E-state index in [1.165, 1.54) is 12.1 Å². The molecule has 2 aromatic carbocycles. The van der Waals surface area contributed by atoms with E-state index in [-0.39, 0.29) is 5.82 Å². The molecule has 1 atom stereocenters. The van der Waals surface area contributed by atoms with Crippen molar-refractivity contribution in [3.05, 3.63) is 88.8 Å². The lowest BCUT2D eigenvalue weighted by Gasteiger charge is -2.13. The summed E-state index contributed by atoms with van der Waals surface area (Å²) in [5.74, 6) is -0.324. The number of rotatable bonds is 6. The van der Waals surface area contributed by atoms with E-state index < -0.39 is 16.1 Å². The topological polar surface area (TPSA) is 64.0 Å². The Hall–Kier alpha value is -2.77. The van der Waals surface area contributed by atoms with Crippen LogP contribution in [0.2, 0.25) is 0 Å². The van der Waals surface area contributed by atoms with Gasteiger partial charge in [0, 0.05) is 22.7 Å². The number of halogens is 1. The van der Waals surface area contributed by atoms with Crippen LogP contribution in [-0.4, -0.2) is 18.2 Å². The summed E-state index contributed by atoms with van der Waals surface area (Å²) in [6, 6.07) is 14.7. The second-order valence-electron chi connectivity index (χ2n) is 6.17. The van der Waals surface area contributed by atoms with Crippen LogP contribution in [0.4, 0.5) is 4.39 Å². The fourth-order valence-electron chi connectivity index (χ4n) is 2.77. The molecule has 1 N–H and O–H groups in total. The molecule has 140 valence electrons. The third-order valence-electron chi connectivity index (χ3n) is 4.17. The molecular formula is C20H20FN3O2S. The van der Waals surface area contributed by atoms with Gasteiger partial charge < -0.3 is 0 Å². The van der Waals surface area contributed by atoms with Crippen molar-refractivity contribution in [1.29, 1.82) is 0 Å². The van der Waals surface area contributed by atoms with Gasteiger partial charge in [-0.1, -0.05) is 30.3 Å². The Balaban J connectivity index is 1.77. The minimum Gasteiger partial charge on any atom is -0.238 e. The molecule has 0 aliphatic carbocycles. The number of hydrogen-bond donors (Lipinski definition) is 1. The van der Waals surface area contributed by atoms with Crippen molar-refractivity contribution in [3.8, 4) is 5.69 Å². The van der Waals surface area contributed by atoms with Crippen LogP contribution in [0, 0.1) is 12.7 Å².